The molecule has 0 aliphatic heterocycles. The molecule has 0 aliphatic carbocycles. The van der Waals surface area contributed by atoms with Crippen LogP contribution in [0.15, 0.2) is 97.1 Å². The maximum Gasteiger partial charge on any atom is 0.376 e. The van der Waals surface area contributed by atoms with Gasteiger partial charge in [-0.1, -0.05) is 91.0 Å². The highest BCUT2D eigenvalue weighted by Crippen LogP contribution is 2.24. The number of carbonyl (C=O) groups is 1. The summed E-state index contributed by atoms with van der Waals surface area (Å²) in [5, 5.41) is 0. The Labute approximate surface area is 163 Å². The van der Waals surface area contributed by atoms with Gasteiger partial charge in [0, 0.05) is 11.1 Å². The summed E-state index contributed by atoms with van der Waals surface area (Å²) >= 11 is 0. The Balaban J connectivity index is 1.68. The predicted molar refractivity (Wildman–Crippen MR) is 108 cm³/mol. The summed E-state index contributed by atoms with van der Waals surface area (Å²) in [7, 11) is 0. The molecule has 0 aliphatic rings. The van der Waals surface area contributed by atoms with Crippen molar-refractivity contribution in [1.29, 1.82) is 0 Å². The highest BCUT2D eigenvalue weighted by atomic mass is 16.5. The first-order chi connectivity index (χ1) is 13.8. The molecule has 3 aromatic carbocycles. The summed E-state index contributed by atoms with van der Waals surface area (Å²) in [6, 6.07) is 30.9. The van der Waals surface area contributed by atoms with Gasteiger partial charge in [0.1, 0.15) is 6.61 Å². The van der Waals surface area contributed by atoms with Crippen molar-refractivity contribution in [3.8, 4) is 22.5 Å². The fourth-order valence-electron chi connectivity index (χ4n) is 2.84. The minimum atomic E-state index is -0.543. The van der Waals surface area contributed by atoms with Crippen LogP contribution in [0, 0.1) is 0 Å². The van der Waals surface area contributed by atoms with Gasteiger partial charge in [-0.25, -0.2) is 14.8 Å². The number of hydrogen-bond acceptors (Lipinski definition) is 4. The van der Waals surface area contributed by atoms with Crippen molar-refractivity contribution in [2.24, 2.45) is 0 Å². The largest absolute Gasteiger partial charge is 0.455 e. The quantitative estimate of drug-likeness (QED) is 0.457. The number of carbonyl (C=O) groups excluding carboxylic acids is 1. The summed E-state index contributed by atoms with van der Waals surface area (Å²) in [6.07, 6.45) is 0. The van der Waals surface area contributed by atoms with Crippen molar-refractivity contribution >= 4 is 5.97 Å². The lowest BCUT2D eigenvalue weighted by atomic mass is 10.1. The third kappa shape index (κ3) is 4.13. The van der Waals surface area contributed by atoms with Crippen molar-refractivity contribution in [1.82, 2.24) is 9.97 Å². The Morgan fingerprint density at radius 3 is 1.64 bits per heavy atom. The molecule has 4 heteroatoms. The Hall–Kier alpha value is -3.79. The van der Waals surface area contributed by atoms with E-state index in [1.807, 2.05) is 97.1 Å². The van der Waals surface area contributed by atoms with E-state index in [9.17, 15) is 4.79 Å². The van der Waals surface area contributed by atoms with Crippen LogP contribution in [0.5, 0.6) is 0 Å². The Morgan fingerprint density at radius 1 is 0.679 bits per heavy atom. The van der Waals surface area contributed by atoms with E-state index in [1.165, 1.54) is 0 Å². The number of ether oxygens (including phenoxy) is 1. The van der Waals surface area contributed by atoms with Crippen LogP contribution in [0.4, 0.5) is 0 Å². The van der Waals surface area contributed by atoms with Gasteiger partial charge >= 0.3 is 5.97 Å². The number of esters is 1. The van der Waals surface area contributed by atoms with E-state index in [0.717, 1.165) is 16.7 Å². The summed E-state index contributed by atoms with van der Waals surface area (Å²) in [4.78, 5) is 21.5. The van der Waals surface area contributed by atoms with Gasteiger partial charge in [0.15, 0.2) is 0 Å². The molecule has 0 bridgehead atoms. The zero-order chi connectivity index (χ0) is 19.2. The number of benzene rings is 3. The van der Waals surface area contributed by atoms with E-state index >= 15 is 0 Å². The van der Waals surface area contributed by atoms with Crippen LogP contribution in [0.1, 0.15) is 16.2 Å². The first-order valence-corrected chi connectivity index (χ1v) is 9.00. The topological polar surface area (TPSA) is 52.1 Å². The predicted octanol–water partition coefficient (Wildman–Crippen LogP) is 5.17. The van der Waals surface area contributed by atoms with Crippen LogP contribution in [-0.2, 0) is 11.3 Å². The van der Waals surface area contributed by atoms with Crippen molar-refractivity contribution in [2.75, 3.05) is 0 Å². The zero-order valence-corrected chi connectivity index (χ0v) is 15.2. The molecule has 0 spiro atoms. The third-order valence-corrected chi connectivity index (χ3v) is 4.26. The average Bonchev–Trinajstić information content (AvgIpc) is 2.79. The lowest BCUT2D eigenvalue weighted by Crippen LogP contribution is -2.11. The molecule has 28 heavy (non-hydrogen) atoms. The second-order valence-electron chi connectivity index (χ2n) is 6.26. The van der Waals surface area contributed by atoms with Gasteiger partial charge < -0.3 is 4.74 Å². The van der Waals surface area contributed by atoms with Crippen LogP contribution in [0.3, 0.4) is 0 Å². The molecule has 0 atom stereocenters. The van der Waals surface area contributed by atoms with Gasteiger partial charge in [0.25, 0.3) is 0 Å². The van der Waals surface area contributed by atoms with Gasteiger partial charge in [0.2, 0.25) is 5.82 Å². The lowest BCUT2D eigenvalue weighted by Gasteiger charge is -2.09. The van der Waals surface area contributed by atoms with Gasteiger partial charge in [0.05, 0.1) is 11.4 Å². The fraction of sp³-hybridized carbons (Fsp3) is 0.0417. The Bertz CT molecular complexity index is 1010. The molecule has 1 aromatic heterocycles. The Kier molecular flexibility index (Phi) is 5.20. The standard InChI is InChI=1S/C24H18N2O2/c27-24(28-17-18-10-4-1-5-11-18)23-25-21(19-12-6-2-7-13-19)16-22(26-23)20-14-8-3-9-15-20/h1-16H,17H2. The first kappa shape index (κ1) is 17.6. The van der Waals surface area contributed by atoms with E-state index in [1.54, 1.807) is 0 Å². The fourth-order valence-corrected chi connectivity index (χ4v) is 2.84. The monoisotopic (exact) mass is 366 g/mol. The van der Waals surface area contributed by atoms with E-state index in [0.29, 0.717) is 11.4 Å². The molecule has 0 saturated carbocycles. The lowest BCUT2D eigenvalue weighted by molar-refractivity contribution is 0.0458. The van der Waals surface area contributed by atoms with Crippen molar-refractivity contribution in [2.45, 2.75) is 6.61 Å². The molecule has 0 saturated heterocycles. The molecule has 136 valence electrons. The highest BCUT2D eigenvalue weighted by molar-refractivity contribution is 5.87. The number of hydrogen-bond donors (Lipinski definition) is 0. The normalized spacial score (nSPS) is 10.4. The molecule has 1 heterocycles. The highest BCUT2D eigenvalue weighted by Gasteiger charge is 2.16. The van der Waals surface area contributed by atoms with Gasteiger partial charge in [-0.05, 0) is 11.6 Å². The molecule has 0 radical (unpaired) electrons. The Morgan fingerprint density at radius 2 is 1.14 bits per heavy atom. The summed E-state index contributed by atoms with van der Waals surface area (Å²) in [5.74, 6) is -0.491. The molecular weight excluding hydrogens is 348 g/mol. The van der Waals surface area contributed by atoms with E-state index in [2.05, 4.69) is 9.97 Å². The maximum absolute atomic E-state index is 12.6. The van der Waals surface area contributed by atoms with Gasteiger partial charge in [-0.15, -0.1) is 0 Å². The number of nitrogens with zero attached hydrogens (tertiary/aromatic N) is 2. The van der Waals surface area contributed by atoms with Crippen LogP contribution < -0.4 is 0 Å². The van der Waals surface area contributed by atoms with Crippen LogP contribution in [0.25, 0.3) is 22.5 Å². The summed E-state index contributed by atoms with van der Waals surface area (Å²) < 4.78 is 5.43. The minimum absolute atomic E-state index is 0.0520. The number of rotatable bonds is 5. The van der Waals surface area contributed by atoms with Crippen molar-refractivity contribution in [3.63, 3.8) is 0 Å². The minimum Gasteiger partial charge on any atom is -0.455 e. The van der Waals surface area contributed by atoms with Crippen LogP contribution in [0.2, 0.25) is 0 Å². The van der Waals surface area contributed by atoms with Crippen molar-refractivity contribution in [3.05, 3.63) is 108 Å². The van der Waals surface area contributed by atoms with Gasteiger partial charge in [-0.3, -0.25) is 0 Å². The maximum atomic E-state index is 12.6. The average molecular weight is 366 g/mol. The molecule has 4 nitrogen and oxygen atoms in total. The third-order valence-electron chi connectivity index (χ3n) is 4.26. The molecule has 4 aromatic rings. The summed E-state index contributed by atoms with van der Waals surface area (Å²) in [5.41, 5.74) is 4.11. The second kappa shape index (κ2) is 8.27. The molecule has 0 fully saturated rings. The number of aromatic nitrogens is 2. The smallest absolute Gasteiger partial charge is 0.376 e. The molecule has 0 unspecified atom stereocenters. The van der Waals surface area contributed by atoms with Crippen LogP contribution in [-0.4, -0.2) is 15.9 Å². The zero-order valence-electron chi connectivity index (χ0n) is 15.2. The van der Waals surface area contributed by atoms with E-state index < -0.39 is 5.97 Å². The summed E-state index contributed by atoms with van der Waals surface area (Å²) in [6.45, 7) is 0.180. The molecule has 4 rings (SSSR count). The first-order valence-electron chi connectivity index (χ1n) is 9.00. The van der Waals surface area contributed by atoms with Crippen LogP contribution >= 0.6 is 0 Å². The second-order valence-corrected chi connectivity index (χ2v) is 6.26. The molecule has 0 N–H and O–H groups in total. The molecule has 0 amide bonds. The van der Waals surface area contributed by atoms with E-state index in [4.69, 9.17) is 4.74 Å². The van der Waals surface area contributed by atoms with Crippen molar-refractivity contribution < 1.29 is 9.53 Å². The SMILES string of the molecule is O=C(OCc1ccccc1)c1nc(-c2ccccc2)cc(-c2ccccc2)n1. The van der Waals surface area contributed by atoms with Gasteiger partial charge in [-0.2, -0.15) is 0 Å². The molecular formula is C24H18N2O2. The van der Waals surface area contributed by atoms with E-state index in [-0.39, 0.29) is 12.4 Å².